The summed E-state index contributed by atoms with van der Waals surface area (Å²) in [5.74, 6) is -0.452. The van der Waals surface area contributed by atoms with Crippen LogP contribution in [0.2, 0.25) is 0 Å². The molecule has 0 aromatic heterocycles. The van der Waals surface area contributed by atoms with Crippen LogP contribution in [0.1, 0.15) is 32.3 Å². The zero-order valence-electron chi connectivity index (χ0n) is 12.6. The predicted molar refractivity (Wildman–Crippen MR) is 80.2 cm³/mol. The molecule has 0 fully saturated rings. The highest BCUT2D eigenvalue weighted by molar-refractivity contribution is 5.78. The first kappa shape index (κ1) is 17.1. The maximum atomic E-state index is 12.8. The Hall–Kier alpha value is -1.91. The van der Waals surface area contributed by atoms with Crippen LogP contribution in [0, 0.1) is 11.7 Å². The molecule has 1 unspecified atom stereocenters. The standard InChI is InChI=1S/C16H23FN2O2/c1-12(11-14-5-7-15(17)8-6-14)16(21)19-10-4-3-9-18-13(2)20/h5-8,12H,3-4,9-11H2,1-2H3,(H,18,20)(H,19,21). The Morgan fingerprint density at radius 2 is 1.67 bits per heavy atom. The second-order valence-electron chi connectivity index (χ2n) is 5.21. The molecule has 0 aliphatic carbocycles. The Morgan fingerprint density at radius 3 is 2.24 bits per heavy atom. The molecule has 0 saturated carbocycles. The Morgan fingerprint density at radius 1 is 1.10 bits per heavy atom. The van der Waals surface area contributed by atoms with E-state index in [2.05, 4.69) is 10.6 Å². The van der Waals surface area contributed by atoms with E-state index in [1.807, 2.05) is 6.92 Å². The van der Waals surface area contributed by atoms with Gasteiger partial charge in [0.2, 0.25) is 11.8 Å². The van der Waals surface area contributed by atoms with Gasteiger partial charge in [-0.1, -0.05) is 19.1 Å². The van der Waals surface area contributed by atoms with Gasteiger partial charge >= 0.3 is 0 Å². The first-order valence-electron chi connectivity index (χ1n) is 7.25. The van der Waals surface area contributed by atoms with Crippen LogP contribution < -0.4 is 10.6 Å². The van der Waals surface area contributed by atoms with Crippen molar-refractivity contribution in [3.05, 3.63) is 35.6 Å². The molecule has 0 saturated heterocycles. The van der Waals surface area contributed by atoms with E-state index in [1.165, 1.54) is 19.1 Å². The summed E-state index contributed by atoms with van der Waals surface area (Å²) in [6.45, 7) is 4.58. The highest BCUT2D eigenvalue weighted by Gasteiger charge is 2.12. The average Bonchev–Trinajstić information content (AvgIpc) is 2.44. The summed E-state index contributed by atoms with van der Waals surface area (Å²) in [7, 11) is 0. The van der Waals surface area contributed by atoms with Gasteiger partial charge in [-0.2, -0.15) is 0 Å². The summed E-state index contributed by atoms with van der Waals surface area (Å²) >= 11 is 0. The summed E-state index contributed by atoms with van der Waals surface area (Å²) in [6, 6.07) is 6.21. The van der Waals surface area contributed by atoms with Gasteiger partial charge in [-0.3, -0.25) is 9.59 Å². The fourth-order valence-corrected chi connectivity index (χ4v) is 1.97. The molecule has 1 aromatic carbocycles. The smallest absolute Gasteiger partial charge is 0.223 e. The fraction of sp³-hybridized carbons (Fsp3) is 0.500. The third-order valence-corrected chi connectivity index (χ3v) is 3.18. The van der Waals surface area contributed by atoms with Gasteiger partial charge in [0.15, 0.2) is 0 Å². The Labute approximate surface area is 125 Å². The molecule has 1 rings (SSSR count). The third-order valence-electron chi connectivity index (χ3n) is 3.18. The molecule has 21 heavy (non-hydrogen) atoms. The number of carbonyl (C=O) groups excluding carboxylic acids is 2. The minimum absolute atomic E-state index is 0.00106. The van der Waals surface area contributed by atoms with Crippen molar-refractivity contribution in [1.82, 2.24) is 10.6 Å². The molecule has 1 aromatic rings. The first-order valence-corrected chi connectivity index (χ1v) is 7.25. The molecule has 0 radical (unpaired) electrons. The third kappa shape index (κ3) is 7.44. The molecule has 1 atom stereocenters. The number of amides is 2. The van der Waals surface area contributed by atoms with E-state index in [0.717, 1.165) is 18.4 Å². The van der Waals surface area contributed by atoms with Gasteiger partial charge in [-0.15, -0.1) is 0 Å². The lowest BCUT2D eigenvalue weighted by atomic mass is 10.0. The largest absolute Gasteiger partial charge is 0.356 e. The van der Waals surface area contributed by atoms with Crippen LogP contribution in [0.4, 0.5) is 4.39 Å². The molecular weight excluding hydrogens is 271 g/mol. The maximum absolute atomic E-state index is 12.8. The van der Waals surface area contributed by atoms with Gasteiger partial charge in [0.05, 0.1) is 0 Å². The van der Waals surface area contributed by atoms with Crippen molar-refractivity contribution in [3.8, 4) is 0 Å². The van der Waals surface area contributed by atoms with E-state index >= 15 is 0 Å². The Kier molecular flexibility index (Phi) is 7.43. The molecule has 0 aliphatic rings. The van der Waals surface area contributed by atoms with Crippen LogP contribution in [0.5, 0.6) is 0 Å². The van der Waals surface area contributed by atoms with Crippen molar-refractivity contribution in [2.24, 2.45) is 5.92 Å². The lowest BCUT2D eigenvalue weighted by molar-refractivity contribution is -0.124. The lowest BCUT2D eigenvalue weighted by Crippen LogP contribution is -2.31. The van der Waals surface area contributed by atoms with Crippen molar-refractivity contribution in [2.45, 2.75) is 33.1 Å². The summed E-state index contributed by atoms with van der Waals surface area (Å²) in [5.41, 5.74) is 0.949. The van der Waals surface area contributed by atoms with Crippen LogP contribution >= 0.6 is 0 Å². The molecule has 5 heteroatoms. The Bertz CT molecular complexity index is 460. The molecule has 0 spiro atoms. The molecule has 116 valence electrons. The molecular formula is C16H23FN2O2. The molecule has 4 nitrogen and oxygen atoms in total. The quantitative estimate of drug-likeness (QED) is 0.721. The number of nitrogens with one attached hydrogen (secondary N) is 2. The van der Waals surface area contributed by atoms with Crippen molar-refractivity contribution >= 4 is 11.8 Å². The minimum Gasteiger partial charge on any atom is -0.356 e. The zero-order chi connectivity index (χ0) is 15.7. The van der Waals surface area contributed by atoms with Crippen molar-refractivity contribution in [2.75, 3.05) is 13.1 Å². The van der Waals surface area contributed by atoms with Crippen LogP contribution in [-0.2, 0) is 16.0 Å². The molecule has 2 N–H and O–H groups in total. The van der Waals surface area contributed by atoms with Gasteiger partial charge in [-0.25, -0.2) is 4.39 Å². The highest BCUT2D eigenvalue weighted by Crippen LogP contribution is 2.09. The van der Waals surface area contributed by atoms with E-state index in [1.54, 1.807) is 12.1 Å². The van der Waals surface area contributed by atoms with Gasteiger partial charge < -0.3 is 10.6 Å². The number of hydrogen-bond acceptors (Lipinski definition) is 2. The number of carbonyl (C=O) groups is 2. The monoisotopic (exact) mass is 294 g/mol. The molecule has 0 bridgehead atoms. The summed E-state index contributed by atoms with van der Waals surface area (Å²) in [4.78, 5) is 22.6. The molecule has 0 aliphatic heterocycles. The van der Waals surface area contributed by atoms with Gasteiger partial charge in [0.25, 0.3) is 0 Å². The normalized spacial score (nSPS) is 11.8. The van der Waals surface area contributed by atoms with E-state index in [4.69, 9.17) is 0 Å². The molecule has 0 heterocycles. The predicted octanol–water partition coefficient (Wildman–Crippen LogP) is 2.04. The van der Waals surface area contributed by atoms with Crippen LogP contribution in [0.15, 0.2) is 24.3 Å². The summed E-state index contributed by atoms with van der Waals surface area (Å²) in [5, 5.41) is 5.59. The number of rotatable bonds is 8. The van der Waals surface area contributed by atoms with Crippen molar-refractivity contribution in [3.63, 3.8) is 0 Å². The average molecular weight is 294 g/mol. The van der Waals surface area contributed by atoms with Crippen molar-refractivity contribution < 1.29 is 14.0 Å². The minimum atomic E-state index is -0.268. The zero-order valence-corrected chi connectivity index (χ0v) is 12.6. The lowest BCUT2D eigenvalue weighted by Gasteiger charge is -2.12. The second-order valence-corrected chi connectivity index (χ2v) is 5.21. The van der Waals surface area contributed by atoms with Crippen LogP contribution in [0.25, 0.3) is 0 Å². The van der Waals surface area contributed by atoms with Gasteiger partial charge in [0, 0.05) is 25.9 Å². The van der Waals surface area contributed by atoms with E-state index in [-0.39, 0.29) is 23.5 Å². The summed E-state index contributed by atoms with van der Waals surface area (Å²) in [6.07, 6.45) is 2.26. The van der Waals surface area contributed by atoms with E-state index in [0.29, 0.717) is 19.5 Å². The Balaban J connectivity index is 2.19. The van der Waals surface area contributed by atoms with Crippen molar-refractivity contribution in [1.29, 1.82) is 0 Å². The molecule has 2 amide bonds. The SMILES string of the molecule is CC(=O)NCCCCNC(=O)C(C)Cc1ccc(F)cc1. The van der Waals surface area contributed by atoms with Gasteiger partial charge in [0.1, 0.15) is 5.82 Å². The van der Waals surface area contributed by atoms with E-state index < -0.39 is 0 Å². The highest BCUT2D eigenvalue weighted by atomic mass is 19.1. The topological polar surface area (TPSA) is 58.2 Å². The number of benzene rings is 1. The fourth-order valence-electron chi connectivity index (χ4n) is 1.97. The maximum Gasteiger partial charge on any atom is 0.223 e. The number of unbranched alkanes of at least 4 members (excludes halogenated alkanes) is 1. The first-order chi connectivity index (χ1) is 9.99. The number of halogens is 1. The van der Waals surface area contributed by atoms with Gasteiger partial charge in [-0.05, 0) is 37.0 Å². The number of hydrogen-bond donors (Lipinski definition) is 2. The van der Waals surface area contributed by atoms with E-state index in [9.17, 15) is 14.0 Å². The second kappa shape index (κ2) is 9.10. The van der Waals surface area contributed by atoms with Crippen LogP contribution in [0.3, 0.4) is 0 Å². The summed E-state index contributed by atoms with van der Waals surface area (Å²) < 4.78 is 12.8. The van der Waals surface area contributed by atoms with Crippen LogP contribution in [-0.4, -0.2) is 24.9 Å².